The number of imidazole rings is 1. The summed E-state index contributed by atoms with van der Waals surface area (Å²) in [5.41, 5.74) is 2.22. The van der Waals surface area contributed by atoms with Gasteiger partial charge in [0, 0.05) is 31.3 Å². The maximum absolute atomic E-state index is 12.0. The number of aromatic nitrogens is 3. The zero-order valence-electron chi connectivity index (χ0n) is 10.3. The Morgan fingerprint density at radius 2 is 2.00 bits per heavy atom. The molecule has 4 heteroatoms. The van der Waals surface area contributed by atoms with E-state index < -0.39 is 0 Å². The highest BCUT2D eigenvalue weighted by Gasteiger charge is 2.03. The van der Waals surface area contributed by atoms with Gasteiger partial charge in [-0.15, -0.1) is 0 Å². The summed E-state index contributed by atoms with van der Waals surface area (Å²) < 4.78 is 3.45. The zero-order chi connectivity index (χ0) is 12.3. The second-order valence-electron chi connectivity index (χ2n) is 4.27. The van der Waals surface area contributed by atoms with E-state index in [1.54, 1.807) is 15.3 Å². The maximum Gasteiger partial charge on any atom is 0.328 e. The van der Waals surface area contributed by atoms with Crippen LogP contribution in [0.4, 0.5) is 0 Å². The molecule has 0 aliphatic carbocycles. The minimum atomic E-state index is 0.0494. The van der Waals surface area contributed by atoms with Crippen LogP contribution in [0.1, 0.15) is 24.5 Å². The van der Waals surface area contributed by atoms with E-state index in [0.717, 1.165) is 24.1 Å². The van der Waals surface area contributed by atoms with Crippen molar-refractivity contribution >= 4 is 0 Å². The van der Waals surface area contributed by atoms with E-state index in [1.165, 1.54) is 0 Å². The van der Waals surface area contributed by atoms with E-state index in [0.29, 0.717) is 6.54 Å². The molecule has 0 unspecified atom stereocenters. The highest BCUT2D eigenvalue weighted by atomic mass is 16.1. The summed E-state index contributed by atoms with van der Waals surface area (Å²) >= 11 is 0. The van der Waals surface area contributed by atoms with Gasteiger partial charge in [0.05, 0.1) is 6.54 Å². The van der Waals surface area contributed by atoms with Crippen LogP contribution in [0.25, 0.3) is 0 Å². The first-order valence-corrected chi connectivity index (χ1v) is 5.87. The monoisotopic (exact) mass is 231 g/mol. The Hall–Kier alpha value is -1.84. The molecule has 17 heavy (non-hydrogen) atoms. The van der Waals surface area contributed by atoms with E-state index in [2.05, 4.69) is 18.0 Å². The third-order valence-corrected chi connectivity index (χ3v) is 2.67. The van der Waals surface area contributed by atoms with Crippen molar-refractivity contribution in [2.24, 2.45) is 0 Å². The Balaban J connectivity index is 2.22. The van der Waals surface area contributed by atoms with E-state index >= 15 is 0 Å². The molecule has 0 spiro atoms. The average molecular weight is 231 g/mol. The summed E-state index contributed by atoms with van der Waals surface area (Å²) in [6.45, 7) is 5.43. The van der Waals surface area contributed by atoms with E-state index in [-0.39, 0.29) is 5.69 Å². The van der Waals surface area contributed by atoms with Gasteiger partial charge in [-0.1, -0.05) is 13.0 Å². The molecule has 0 atom stereocenters. The third kappa shape index (κ3) is 2.64. The molecular weight excluding hydrogens is 214 g/mol. The summed E-state index contributed by atoms with van der Waals surface area (Å²) in [6, 6.07) is 2.05. The second-order valence-corrected chi connectivity index (χ2v) is 4.27. The van der Waals surface area contributed by atoms with Crippen LogP contribution in [-0.2, 0) is 13.1 Å². The molecule has 0 saturated heterocycles. The summed E-state index contributed by atoms with van der Waals surface area (Å²) in [7, 11) is 0. The van der Waals surface area contributed by atoms with Crippen LogP contribution in [-0.4, -0.2) is 14.1 Å². The summed E-state index contributed by atoms with van der Waals surface area (Å²) in [6.07, 6.45) is 8.26. The van der Waals surface area contributed by atoms with Gasteiger partial charge < -0.3 is 0 Å². The first-order valence-electron chi connectivity index (χ1n) is 5.87. The van der Waals surface area contributed by atoms with Gasteiger partial charge in [0.1, 0.15) is 0 Å². The highest BCUT2D eigenvalue weighted by molar-refractivity contribution is 5.16. The van der Waals surface area contributed by atoms with Crippen molar-refractivity contribution in [3.63, 3.8) is 0 Å². The Morgan fingerprint density at radius 3 is 2.71 bits per heavy atom. The van der Waals surface area contributed by atoms with Gasteiger partial charge in [-0.3, -0.25) is 14.1 Å². The summed E-state index contributed by atoms with van der Waals surface area (Å²) in [5.74, 6) is 0. The minimum absolute atomic E-state index is 0.0494. The summed E-state index contributed by atoms with van der Waals surface area (Å²) in [4.78, 5) is 16.1. The molecule has 0 radical (unpaired) electrons. The van der Waals surface area contributed by atoms with Gasteiger partial charge in [0.2, 0.25) is 0 Å². The summed E-state index contributed by atoms with van der Waals surface area (Å²) in [5, 5.41) is 0. The molecule has 0 N–H and O–H groups in total. The molecule has 2 aromatic rings. The Morgan fingerprint density at radius 1 is 1.24 bits per heavy atom. The zero-order valence-corrected chi connectivity index (χ0v) is 10.3. The molecule has 90 valence electrons. The third-order valence-electron chi connectivity index (χ3n) is 2.67. The van der Waals surface area contributed by atoms with Crippen LogP contribution in [0.2, 0.25) is 0 Å². The van der Waals surface area contributed by atoms with E-state index in [4.69, 9.17) is 0 Å². The van der Waals surface area contributed by atoms with Gasteiger partial charge in [-0.2, -0.15) is 0 Å². The van der Waals surface area contributed by atoms with Crippen molar-refractivity contribution in [3.8, 4) is 0 Å². The lowest BCUT2D eigenvalue weighted by Crippen LogP contribution is -2.24. The number of aryl methyl sites for hydroxylation is 2. The van der Waals surface area contributed by atoms with Crippen molar-refractivity contribution in [1.29, 1.82) is 0 Å². The predicted octanol–water partition coefficient (Wildman–Crippen LogP) is 1.81. The van der Waals surface area contributed by atoms with Crippen molar-refractivity contribution in [3.05, 3.63) is 52.5 Å². The maximum atomic E-state index is 12.0. The fraction of sp³-hybridized carbons (Fsp3) is 0.385. The van der Waals surface area contributed by atoms with Crippen LogP contribution in [0.3, 0.4) is 0 Å². The standard InChI is InChI=1S/C13H17N3O/c1-3-4-15-5-6-16(13(15)17)10-12-7-11(2)8-14-9-12/h5-9H,3-4,10H2,1-2H3. The van der Waals surface area contributed by atoms with E-state index in [1.807, 2.05) is 25.5 Å². The molecule has 0 bridgehead atoms. The quantitative estimate of drug-likeness (QED) is 0.805. The molecule has 0 amide bonds. The lowest BCUT2D eigenvalue weighted by Gasteiger charge is -2.02. The Kier molecular flexibility index (Phi) is 3.42. The SMILES string of the molecule is CCCn1ccn(Cc2cncc(C)c2)c1=O. The fourth-order valence-electron chi connectivity index (χ4n) is 1.89. The predicted molar refractivity (Wildman–Crippen MR) is 67.1 cm³/mol. The van der Waals surface area contributed by atoms with Gasteiger partial charge in [-0.25, -0.2) is 4.79 Å². The molecule has 0 saturated carbocycles. The van der Waals surface area contributed by atoms with Gasteiger partial charge >= 0.3 is 5.69 Å². The van der Waals surface area contributed by atoms with E-state index in [9.17, 15) is 4.79 Å². The number of pyridine rings is 1. The minimum Gasteiger partial charge on any atom is -0.299 e. The van der Waals surface area contributed by atoms with Crippen LogP contribution in [0.5, 0.6) is 0 Å². The first-order chi connectivity index (χ1) is 8.20. The first kappa shape index (κ1) is 11.6. The number of hydrogen-bond donors (Lipinski definition) is 0. The lowest BCUT2D eigenvalue weighted by molar-refractivity contribution is 0.623. The van der Waals surface area contributed by atoms with Crippen molar-refractivity contribution in [2.75, 3.05) is 0 Å². The smallest absolute Gasteiger partial charge is 0.299 e. The van der Waals surface area contributed by atoms with Gasteiger partial charge in [0.15, 0.2) is 0 Å². The molecule has 2 rings (SSSR count). The van der Waals surface area contributed by atoms with Crippen molar-refractivity contribution in [1.82, 2.24) is 14.1 Å². The van der Waals surface area contributed by atoms with Gasteiger partial charge in [-0.05, 0) is 24.5 Å². The molecule has 0 aliphatic heterocycles. The van der Waals surface area contributed by atoms with Crippen LogP contribution in [0, 0.1) is 6.92 Å². The molecule has 2 heterocycles. The molecular formula is C13H17N3O. The number of nitrogens with zero attached hydrogens (tertiary/aromatic N) is 3. The largest absolute Gasteiger partial charge is 0.328 e. The Bertz CT molecular complexity index is 554. The second kappa shape index (κ2) is 4.99. The molecule has 4 nitrogen and oxygen atoms in total. The van der Waals surface area contributed by atoms with Crippen LogP contribution in [0.15, 0.2) is 35.6 Å². The van der Waals surface area contributed by atoms with Crippen molar-refractivity contribution in [2.45, 2.75) is 33.4 Å². The van der Waals surface area contributed by atoms with Gasteiger partial charge in [0.25, 0.3) is 0 Å². The van der Waals surface area contributed by atoms with Crippen LogP contribution < -0.4 is 5.69 Å². The number of rotatable bonds is 4. The lowest BCUT2D eigenvalue weighted by atomic mass is 10.2. The Labute approximate surface area is 101 Å². The highest BCUT2D eigenvalue weighted by Crippen LogP contribution is 2.02. The van der Waals surface area contributed by atoms with Crippen LogP contribution >= 0.6 is 0 Å². The van der Waals surface area contributed by atoms with Crippen molar-refractivity contribution < 1.29 is 0 Å². The topological polar surface area (TPSA) is 39.8 Å². The number of hydrogen-bond acceptors (Lipinski definition) is 2. The average Bonchev–Trinajstić information content (AvgIpc) is 2.62. The molecule has 0 fully saturated rings. The fourth-order valence-corrected chi connectivity index (χ4v) is 1.89. The molecule has 0 aromatic carbocycles. The normalized spacial score (nSPS) is 10.7. The molecule has 2 aromatic heterocycles. The molecule has 0 aliphatic rings.